The zero-order valence-corrected chi connectivity index (χ0v) is 20.8. The Morgan fingerprint density at radius 2 is 1.35 bits per heavy atom. The van der Waals surface area contributed by atoms with Crippen molar-refractivity contribution in [3.05, 3.63) is 108 Å². The summed E-state index contributed by atoms with van der Waals surface area (Å²) in [5.41, 5.74) is 3.10. The van der Waals surface area contributed by atoms with E-state index in [1.54, 1.807) is 36.4 Å². The Morgan fingerprint density at radius 3 is 1.95 bits per heavy atom. The summed E-state index contributed by atoms with van der Waals surface area (Å²) >= 11 is 0. The van der Waals surface area contributed by atoms with Crippen LogP contribution in [0.25, 0.3) is 0 Å². The highest BCUT2D eigenvalue weighted by molar-refractivity contribution is 5.91. The molecule has 0 N–H and O–H groups in total. The Hall–Kier alpha value is -4.74. The van der Waals surface area contributed by atoms with Crippen molar-refractivity contribution in [2.24, 2.45) is 0 Å². The molecule has 0 bridgehead atoms. The number of carbonyl (C=O) groups excluding carboxylic acids is 2. The number of hydrogen-bond acceptors (Lipinski definition) is 5. The van der Waals surface area contributed by atoms with Crippen molar-refractivity contribution < 1.29 is 23.8 Å². The molecular weight excluding hydrogens is 464 g/mol. The third-order valence-electron chi connectivity index (χ3n) is 4.97. The van der Waals surface area contributed by atoms with E-state index >= 15 is 0 Å². The fraction of sp³-hybridized carbons (Fsp3) is 0.188. The normalized spacial score (nSPS) is 9.65. The van der Waals surface area contributed by atoms with Gasteiger partial charge in [-0.1, -0.05) is 37.2 Å². The summed E-state index contributed by atoms with van der Waals surface area (Å²) in [5.74, 6) is 12.6. The van der Waals surface area contributed by atoms with Gasteiger partial charge in [0.05, 0.1) is 18.8 Å². The second-order valence-corrected chi connectivity index (χ2v) is 7.89. The molecule has 0 saturated heterocycles. The Labute approximate surface area is 218 Å². The Morgan fingerprint density at radius 1 is 0.784 bits per heavy atom. The number of esters is 2. The maximum atomic E-state index is 12.5. The molecule has 0 unspecified atom stereocenters. The lowest BCUT2D eigenvalue weighted by molar-refractivity contribution is -0.137. The molecule has 3 rings (SSSR count). The van der Waals surface area contributed by atoms with Gasteiger partial charge >= 0.3 is 11.9 Å². The van der Waals surface area contributed by atoms with Gasteiger partial charge in [0.15, 0.2) is 0 Å². The van der Waals surface area contributed by atoms with Crippen molar-refractivity contribution in [3.8, 4) is 35.2 Å². The molecule has 0 spiro atoms. The van der Waals surface area contributed by atoms with Crippen molar-refractivity contribution in [1.82, 2.24) is 0 Å². The summed E-state index contributed by atoms with van der Waals surface area (Å²) in [7, 11) is 0. The molecule has 5 heteroatoms. The molecule has 0 aliphatic rings. The molecule has 0 heterocycles. The SMILES string of the molecule is C=CC(=O)OCCCOc1ccc(C(=O)Oc2ccc(C#Cc3ccc(C#CCCC)cc3)cc2)cc1. The summed E-state index contributed by atoms with van der Waals surface area (Å²) in [6, 6.07) is 21.5. The van der Waals surface area contributed by atoms with Crippen LogP contribution in [0.2, 0.25) is 0 Å². The zero-order chi connectivity index (χ0) is 26.3. The smallest absolute Gasteiger partial charge is 0.343 e. The highest BCUT2D eigenvalue weighted by Crippen LogP contribution is 2.17. The van der Waals surface area contributed by atoms with Crippen LogP contribution in [-0.4, -0.2) is 25.2 Å². The van der Waals surface area contributed by atoms with Gasteiger partial charge in [-0.3, -0.25) is 0 Å². The Kier molecular flexibility index (Phi) is 10.6. The minimum atomic E-state index is -0.469. The second kappa shape index (κ2) is 14.6. The lowest BCUT2D eigenvalue weighted by atomic mass is 10.1. The zero-order valence-electron chi connectivity index (χ0n) is 20.8. The third kappa shape index (κ3) is 9.43. The van der Waals surface area contributed by atoms with Gasteiger partial charge in [-0.15, -0.1) is 0 Å². The van der Waals surface area contributed by atoms with Crippen LogP contribution in [0.3, 0.4) is 0 Å². The quantitative estimate of drug-likeness (QED) is 0.121. The summed E-state index contributed by atoms with van der Waals surface area (Å²) in [6.07, 6.45) is 3.61. The number of unbranched alkanes of at least 4 members (excludes halogenated alkanes) is 1. The predicted octanol–water partition coefficient (Wildman–Crippen LogP) is 5.96. The van der Waals surface area contributed by atoms with Crippen LogP contribution in [0.4, 0.5) is 0 Å². The molecule has 0 fully saturated rings. The molecule has 3 aromatic carbocycles. The average Bonchev–Trinajstić information content (AvgIpc) is 2.93. The van der Waals surface area contributed by atoms with Crippen LogP contribution in [0.15, 0.2) is 85.5 Å². The van der Waals surface area contributed by atoms with Crippen LogP contribution >= 0.6 is 0 Å². The molecule has 0 aliphatic heterocycles. The Bertz CT molecular complexity index is 1310. The fourth-order valence-electron chi connectivity index (χ4n) is 3.01. The second-order valence-electron chi connectivity index (χ2n) is 7.89. The van der Waals surface area contributed by atoms with E-state index in [9.17, 15) is 9.59 Å². The van der Waals surface area contributed by atoms with Crippen molar-refractivity contribution >= 4 is 11.9 Å². The summed E-state index contributed by atoms with van der Waals surface area (Å²) in [6.45, 7) is 6.07. The van der Waals surface area contributed by atoms with E-state index in [2.05, 4.69) is 37.2 Å². The van der Waals surface area contributed by atoms with Crippen molar-refractivity contribution in [2.75, 3.05) is 13.2 Å². The molecule has 0 aromatic heterocycles. The first-order chi connectivity index (χ1) is 18.1. The molecular formula is C32H28O5. The number of hydrogen-bond donors (Lipinski definition) is 0. The highest BCUT2D eigenvalue weighted by atomic mass is 16.5. The van der Waals surface area contributed by atoms with Crippen molar-refractivity contribution in [3.63, 3.8) is 0 Å². The molecule has 0 aliphatic carbocycles. The Balaban J connectivity index is 1.48. The van der Waals surface area contributed by atoms with Gasteiger partial charge < -0.3 is 14.2 Å². The van der Waals surface area contributed by atoms with Gasteiger partial charge in [0.1, 0.15) is 11.5 Å². The molecule has 5 nitrogen and oxygen atoms in total. The van der Waals surface area contributed by atoms with E-state index < -0.39 is 11.9 Å². The summed E-state index contributed by atoms with van der Waals surface area (Å²) in [4.78, 5) is 23.4. The van der Waals surface area contributed by atoms with Crippen molar-refractivity contribution in [2.45, 2.75) is 26.2 Å². The van der Waals surface area contributed by atoms with Crippen molar-refractivity contribution in [1.29, 1.82) is 0 Å². The lowest BCUT2D eigenvalue weighted by Gasteiger charge is -2.08. The van der Waals surface area contributed by atoms with Crippen LogP contribution in [0, 0.1) is 23.7 Å². The molecule has 37 heavy (non-hydrogen) atoms. The van der Waals surface area contributed by atoms with Crippen LogP contribution < -0.4 is 9.47 Å². The van der Waals surface area contributed by atoms with E-state index in [1.165, 1.54) is 0 Å². The van der Waals surface area contributed by atoms with E-state index in [4.69, 9.17) is 14.2 Å². The van der Waals surface area contributed by atoms with E-state index in [1.807, 2.05) is 36.4 Å². The molecule has 0 radical (unpaired) electrons. The molecule has 0 saturated carbocycles. The predicted molar refractivity (Wildman–Crippen MR) is 143 cm³/mol. The van der Waals surface area contributed by atoms with E-state index in [-0.39, 0.29) is 6.61 Å². The molecule has 186 valence electrons. The van der Waals surface area contributed by atoms with Crippen LogP contribution in [0.5, 0.6) is 11.5 Å². The summed E-state index contributed by atoms with van der Waals surface area (Å²) < 4.78 is 15.9. The van der Waals surface area contributed by atoms with E-state index in [0.717, 1.165) is 35.6 Å². The third-order valence-corrected chi connectivity index (χ3v) is 4.97. The number of rotatable bonds is 9. The van der Waals surface area contributed by atoms with Gasteiger partial charge in [0.25, 0.3) is 0 Å². The fourth-order valence-corrected chi connectivity index (χ4v) is 3.01. The topological polar surface area (TPSA) is 61.8 Å². The van der Waals surface area contributed by atoms with E-state index in [0.29, 0.717) is 30.1 Å². The first-order valence-corrected chi connectivity index (χ1v) is 12.0. The van der Waals surface area contributed by atoms with Gasteiger partial charge in [-0.05, 0) is 79.2 Å². The highest BCUT2D eigenvalue weighted by Gasteiger charge is 2.09. The molecule has 0 atom stereocenters. The largest absolute Gasteiger partial charge is 0.493 e. The maximum absolute atomic E-state index is 12.5. The standard InChI is InChI=1S/C32H28O5/c1-3-5-6-8-25-9-11-26(12-10-25)13-14-27-15-19-30(20-16-27)37-32(34)28-17-21-29(22-18-28)35-23-7-24-36-31(33)4-2/h4,9-12,15-22H,2-3,5,7,23-24H2,1H3. The minimum Gasteiger partial charge on any atom is -0.493 e. The van der Waals surface area contributed by atoms with Gasteiger partial charge in [0, 0.05) is 35.6 Å². The first-order valence-electron chi connectivity index (χ1n) is 12.0. The average molecular weight is 493 g/mol. The molecule has 3 aromatic rings. The van der Waals surface area contributed by atoms with Crippen LogP contribution in [-0.2, 0) is 9.53 Å². The monoisotopic (exact) mass is 492 g/mol. The van der Waals surface area contributed by atoms with Gasteiger partial charge in [0.2, 0.25) is 0 Å². The number of benzene rings is 3. The minimum absolute atomic E-state index is 0.252. The lowest BCUT2D eigenvalue weighted by Crippen LogP contribution is -2.09. The summed E-state index contributed by atoms with van der Waals surface area (Å²) in [5, 5.41) is 0. The van der Waals surface area contributed by atoms with Gasteiger partial charge in [-0.25, -0.2) is 9.59 Å². The molecule has 0 amide bonds. The van der Waals surface area contributed by atoms with Gasteiger partial charge in [-0.2, -0.15) is 0 Å². The number of carbonyl (C=O) groups is 2. The number of ether oxygens (including phenoxy) is 3. The van der Waals surface area contributed by atoms with Crippen LogP contribution in [0.1, 0.15) is 53.2 Å². The maximum Gasteiger partial charge on any atom is 0.343 e. The first kappa shape index (κ1) is 26.9.